The van der Waals surface area contributed by atoms with Crippen molar-refractivity contribution in [1.82, 2.24) is 44.3 Å². The molecule has 1 amide bonds. The van der Waals surface area contributed by atoms with Gasteiger partial charge in [0.1, 0.15) is 23.0 Å². The standard InChI is InChI=1S/C29H25FN6O.C17H17FN4/c30-21-6-9-27-26(19-21)34-28(25-3-1-2-14-32-25)36(27)24-12-17-35(18-13-24)29(37)20-4-7-22(8-5-20)33-23-10-15-31-16-11-23;18-12-4-5-16-15(11-12)21-17(14-3-1-2-8-20-14)22(16)13-6-9-19-10-7-13/h1-11,14-16,19,24H,12-13,17-18H2,(H,31,33);1-5,8,11,13,19H,6-7,9-10H2. The predicted octanol–water partition coefficient (Wildman–Crippen LogP) is 9.02. The summed E-state index contributed by atoms with van der Waals surface area (Å²) in [4.78, 5) is 37.5. The van der Waals surface area contributed by atoms with E-state index in [4.69, 9.17) is 4.98 Å². The maximum absolute atomic E-state index is 13.9. The molecule has 0 unspecified atom stereocenters. The lowest BCUT2D eigenvalue weighted by atomic mass is 10.0. The summed E-state index contributed by atoms with van der Waals surface area (Å²) in [7, 11) is 0. The largest absolute Gasteiger partial charge is 0.355 e. The topological polar surface area (TPSA) is 119 Å². The zero-order valence-corrected chi connectivity index (χ0v) is 32.3. The molecule has 8 aromatic rings. The van der Waals surface area contributed by atoms with E-state index in [2.05, 4.69) is 39.7 Å². The summed E-state index contributed by atoms with van der Waals surface area (Å²) in [5.41, 5.74) is 7.26. The summed E-state index contributed by atoms with van der Waals surface area (Å²) >= 11 is 0. The first-order valence-electron chi connectivity index (χ1n) is 19.9. The normalized spacial score (nSPS) is 14.9. The van der Waals surface area contributed by atoms with Gasteiger partial charge in [-0.05, 0) is 124 Å². The number of amides is 1. The van der Waals surface area contributed by atoms with Crippen LogP contribution in [0.5, 0.6) is 0 Å². The maximum Gasteiger partial charge on any atom is 0.253 e. The highest BCUT2D eigenvalue weighted by Gasteiger charge is 2.28. The van der Waals surface area contributed by atoms with Crippen LogP contribution in [0.3, 0.4) is 0 Å². The summed E-state index contributed by atoms with van der Waals surface area (Å²) in [5, 5.41) is 6.69. The van der Waals surface area contributed by atoms with E-state index in [1.54, 1.807) is 30.9 Å². The second-order valence-electron chi connectivity index (χ2n) is 14.7. The van der Waals surface area contributed by atoms with Crippen LogP contribution in [0.1, 0.15) is 48.1 Å². The van der Waals surface area contributed by atoms with E-state index in [9.17, 15) is 13.6 Å². The fraction of sp³-hybridized carbons (Fsp3) is 0.217. The Morgan fingerprint density at radius 1 is 0.610 bits per heavy atom. The summed E-state index contributed by atoms with van der Waals surface area (Å²) in [5.74, 6) is 1.01. The molecule has 2 aliphatic rings. The second-order valence-corrected chi connectivity index (χ2v) is 14.7. The van der Waals surface area contributed by atoms with Crippen molar-refractivity contribution in [3.05, 3.63) is 151 Å². The van der Waals surface area contributed by atoms with Crippen molar-refractivity contribution in [2.75, 3.05) is 31.5 Å². The molecule has 2 N–H and O–H groups in total. The molecule has 2 fully saturated rings. The van der Waals surface area contributed by atoms with Gasteiger partial charge in [0, 0.05) is 79.0 Å². The molecule has 3 aromatic carbocycles. The molecule has 0 saturated carbocycles. The van der Waals surface area contributed by atoms with Gasteiger partial charge < -0.3 is 24.7 Å². The number of fused-ring (bicyclic) bond motifs is 2. The summed E-state index contributed by atoms with van der Waals surface area (Å²) in [6.07, 6.45) is 10.6. The first-order valence-corrected chi connectivity index (χ1v) is 19.9. The Morgan fingerprint density at radius 2 is 1.14 bits per heavy atom. The molecule has 296 valence electrons. The minimum Gasteiger partial charge on any atom is -0.355 e. The Kier molecular flexibility index (Phi) is 10.8. The van der Waals surface area contributed by atoms with E-state index in [0.29, 0.717) is 35.7 Å². The molecular formula is C46H42F2N10O. The van der Waals surface area contributed by atoms with Gasteiger partial charge in [-0.1, -0.05) is 12.1 Å². The number of rotatable bonds is 7. The van der Waals surface area contributed by atoms with Crippen molar-refractivity contribution in [2.24, 2.45) is 0 Å². The first-order chi connectivity index (χ1) is 29.0. The van der Waals surface area contributed by atoms with E-state index in [1.807, 2.05) is 83.8 Å². The van der Waals surface area contributed by atoms with Gasteiger partial charge in [0.25, 0.3) is 5.91 Å². The second kappa shape index (κ2) is 16.9. The van der Waals surface area contributed by atoms with Gasteiger partial charge in [0.2, 0.25) is 0 Å². The number of pyridine rings is 3. The molecule has 13 heteroatoms. The van der Waals surface area contributed by atoms with Gasteiger partial charge in [0.15, 0.2) is 11.6 Å². The number of carbonyl (C=O) groups is 1. The van der Waals surface area contributed by atoms with Crippen LogP contribution in [-0.2, 0) is 0 Å². The highest BCUT2D eigenvalue weighted by atomic mass is 19.1. The number of likely N-dealkylation sites (tertiary alicyclic amines) is 1. The fourth-order valence-electron chi connectivity index (χ4n) is 8.11. The number of halogens is 2. The molecule has 0 bridgehead atoms. The highest BCUT2D eigenvalue weighted by Crippen LogP contribution is 2.34. The fourth-order valence-corrected chi connectivity index (χ4v) is 8.11. The van der Waals surface area contributed by atoms with Crippen LogP contribution in [0.25, 0.3) is 45.1 Å². The number of imidazole rings is 2. The van der Waals surface area contributed by atoms with Crippen molar-refractivity contribution in [2.45, 2.75) is 37.8 Å². The Bertz CT molecular complexity index is 2670. The van der Waals surface area contributed by atoms with Crippen LogP contribution in [0.4, 0.5) is 20.2 Å². The van der Waals surface area contributed by atoms with Gasteiger partial charge in [-0.2, -0.15) is 0 Å². The number of nitrogens with one attached hydrogen (secondary N) is 2. The molecule has 2 saturated heterocycles. The van der Waals surface area contributed by atoms with E-state index in [0.717, 1.165) is 84.2 Å². The van der Waals surface area contributed by atoms with Crippen molar-refractivity contribution >= 4 is 39.3 Å². The Morgan fingerprint density at radius 3 is 1.66 bits per heavy atom. The number of carbonyl (C=O) groups excluding carboxylic acids is 1. The van der Waals surface area contributed by atoms with Gasteiger partial charge >= 0.3 is 0 Å². The molecule has 5 aromatic heterocycles. The monoisotopic (exact) mass is 788 g/mol. The molecule has 11 nitrogen and oxygen atoms in total. The van der Waals surface area contributed by atoms with Gasteiger partial charge in [-0.25, -0.2) is 18.7 Å². The maximum atomic E-state index is 13.9. The average Bonchev–Trinajstić information content (AvgIpc) is 3.86. The number of piperidine rings is 2. The third kappa shape index (κ3) is 8.14. The van der Waals surface area contributed by atoms with Crippen molar-refractivity contribution < 1.29 is 13.6 Å². The predicted molar refractivity (Wildman–Crippen MR) is 225 cm³/mol. The Hall–Kier alpha value is -6.86. The number of anilines is 2. The molecule has 0 spiro atoms. The number of aromatic nitrogens is 7. The Labute approximate surface area is 339 Å². The lowest BCUT2D eigenvalue weighted by Gasteiger charge is -2.33. The smallest absolute Gasteiger partial charge is 0.253 e. The van der Waals surface area contributed by atoms with Crippen molar-refractivity contribution in [3.8, 4) is 23.0 Å². The zero-order chi connectivity index (χ0) is 40.1. The van der Waals surface area contributed by atoms with Gasteiger partial charge in [-0.3, -0.25) is 19.7 Å². The highest BCUT2D eigenvalue weighted by molar-refractivity contribution is 5.94. The van der Waals surface area contributed by atoms with Crippen LogP contribution in [0.15, 0.2) is 134 Å². The molecule has 0 aliphatic carbocycles. The van der Waals surface area contributed by atoms with Crippen LogP contribution in [0, 0.1) is 11.6 Å². The summed E-state index contributed by atoms with van der Waals surface area (Å²) in [6, 6.07) is 32.9. The van der Waals surface area contributed by atoms with Crippen LogP contribution in [0.2, 0.25) is 0 Å². The first kappa shape index (κ1) is 37.7. The average molecular weight is 789 g/mol. The van der Waals surface area contributed by atoms with Crippen molar-refractivity contribution in [3.63, 3.8) is 0 Å². The molecule has 7 heterocycles. The van der Waals surface area contributed by atoms with E-state index in [-0.39, 0.29) is 23.6 Å². The minimum atomic E-state index is -0.313. The SMILES string of the molecule is Fc1ccc2c(c1)nc(-c1ccccn1)n2C1CCNCC1.O=C(c1ccc(Nc2ccncc2)cc1)N1CCC(n2c(-c3ccccn3)nc3cc(F)ccc32)CC1. The quantitative estimate of drug-likeness (QED) is 0.164. The number of benzene rings is 3. The van der Waals surface area contributed by atoms with Gasteiger partial charge in [0.05, 0.1) is 22.1 Å². The molecule has 59 heavy (non-hydrogen) atoms. The number of hydrogen-bond acceptors (Lipinski definition) is 8. The lowest BCUT2D eigenvalue weighted by Crippen LogP contribution is -2.39. The van der Waals surface area contributed by atoms with E-state index >= 15 is 0 Å². The molecule has 10 rings (SSSR count). The zero-order valence-electron chi connectivity index (χ0n) is 32.3. The van der Waals surface area contributed by atoms with Crippen LogP contribution >= 0.6 is 0 Å². The van der Waals surface area contributed by atoms with Gasteiger partial charge in [-0.15, -0.1) is 0 Å². The third-order valence-corrected chi connectivity index (χ3v) is 11.0. The number of nitrogens with zero attached hydrogens (tertiary/aromatic N) is 8. The van der Waals surface area contributed by atoms with E-state index < -0.39 is 0 Å². The van der Waals surface area contributed by atoms with E-state index in [1.165, 1.54) is 24.3 Å². The van der Waals surface area contributed by atoms with Crippen LogP contribution < -0.4 is 10.6 Å². The number of hydrogen-bond donors (Lipinski definition) is 2. The minimum absolute atomic E-state index is 0.0245. The molecular weight excluding hydrogens is 747 g/mol. The summed E-state index contributed by atoms with van der Waals surface area (Å²) < 4.78 is 31.9. The molecule has 2 aliphatic heterocycles. The Balaban J connectivity index is 0.000000173. The van der Waals surface area contributed by atoms with Crippen LogP contribution in [-0.4, -0.2) is 71.0 Å². The molecule has 0 atom stereocenters. The third-order valence-electron chi connectivity index (χ3n) is 11.0. The summed E-state index contributed by atoms with van der Waals surface area (Å²) in [6.45, 7) is 3.24. The lowest BCUT2D eigenvalue weighted by molar-refractivity contribution is 0.0696. The van der Waals surface area contributed by atoms with Crippen molar-refractivity contribution in [1.29, 1.82) is 0 Å². The molecule has 0 radical (unpaired) electrons.